The van der Waals surface area contributed by atoms with Gasteiger partial charge < -0.3 is 4.57 Å². The molecule has 310 valence electrons. The van der Waals surface area contributed by atoms with Crippen molar-refractivity contribution in [1.29, 1.82) is 0 Å². The molecule has 0 saturated heterocycles. The van der Waals surface area contributed by atoms with Gasteiger partial charge in [0.15, 0.2) is 0 Å². The van der Waals surface area contributed by atoms with E-state index in [9.17, 15) is 0 Å². The molecule has 0 bridgehead atoms. The number of nitrogens with zero attached hydrogens (tertiary/aromatic N) is 1. The first-order chi connectivity index (χ1) is 32.5. The summed E-state index contributed by atoms with van der Waals surface area (Å²) in [7, 11) is 0. The minimum absolute atomic E-state index is 0.0719. The van der Waals surface area contributed by atoms with E-state index in [4.69, 9.17) is 0 Å². The van der Waals surface area contributed by atoms with Crippen molar-refractivity contribution in [2.24, 2.45) is 0 Å². The van der Waals surface area contributed by atoms with Crippen molar-refractivity contribution < 1.29 is 0 Å². The molecular formula is C65H45N. The second-order valence-corrected chi connectivity index (χ2v) is 18.0. The zero-order valence-corrected chi connectivity index (χ0v) is 37.0. The van der Waals surface area contributed by atoms with Crippen molar-refractivity contribution in [3.63, 3.8) is 0 Å². The highest BCUT2D eigenvalue weighted by atomic mass is 15.0. The van der Waals surface area contributed by atoms with Crippen molar-refractivity contribution in [1.82, 2.24) is 4.57 Å². The smallest absolute Gasteiger partial charge is 0.0541 e. The van der Waals surface area contributed by atoms with Crippen LogP contribution in [0.3, 0.4) is 0 Å². The van der Waals surface area contributed by atoms with Gasteiger partial charge in [-0.3, -0.25) is 0 Å². The lowest BCUT2D eigenvalue weighted by Crippen LogP contribution is -2.14. The number of hydrogen-bond donors (Lipinski definition) is 0. The average molecular weight is 840 g/mol. The molecule has 0 spiro atoms. The van der Waals surface area contributed by atoms with Gasteiger partial charge in [0.2, 0.25) is 0 Å². The van der Waals surface area contributed by atoms with Crippen LogP contribution < -0.4 is 0 Å². The van der Waals surface area contributed by atoms with Crippen LogP contribution in [0.25, 0.3) is 94.8 Å². The van der Waals surface area contributed by atoms with E-state index < -0.39 is 0 Å². The van der Waals surface area contributed by atoms with Gasteiger partial charge in [0.05, 0.1) is 11.0 Å². The maximum Gasteiger partial charge on any atom is 0.0541 e. The third-order valence-corrected chi connectivity index (χ3v) is 13.7. The van der Waals surface area contributed by atoms with Crippen LogP contribution in [-0.4, -0.2) is 4.57 Å². The van der Waals surface area contributed by atoms with Gasteiger partial charge in [-0.2, -0.15) is 0 Å². The Balaban J connectivity index is 0.886. The zero-order valence-electron chi connectivity index (χ0n) is 37.0. The third-order valence-electron chi connectivity index (χ3n) is 13.7. The standard InChI is InChI=1S/C65H45N/c1-65(2)61-22-11-9-20-56(61)57-38-24-44(41-62(57)65)40-59(50-29-25-47(26-30-50)45-14-5-3-6-15-45)51-31-27-49(28-32-51)52-18-13-19-53(42-52)54-35-39-64-60(43-54)58-21-10-12-23-63(58)66(64)55-36-33-48(34-37-55)46-16-7-4-8-17-46/h3-12,14-17,19-43H,1-2H3/b59-40-. The number of aromatic nitrogens is 1. The van der Waals surface area contributed by atoms with Gasteiger partial charge in [0, 0.05) is 27.4 Å². The van der Waals surface area contributed by atoms with Crippen LogP contribution in [0.1, 0.15) is 41.7 Å². The van der Waals surface area contributed by atoms with Crippen molar-refractivity contribution in [2.45, 2.75) is 19.3 Å². The minimum Gasteiger partial charge on any atom is -0.309 e. The highest BCUT2D eigenvalue weighted by Gasteiger charge is 2.35. The third kappa shape index (κ3) is 6.83. The summed E-state index contributed by atoms with van der Waals surface area (Å²) in [6, 6.07) is 90.6. The van der Waals surface area contributed by atoms with Gasteiger partial charge in [0.25, 0.3) is 0 Å². The molecule has 12 rings (SSSR count). The van der Waals surface area contributed by atoms with Crippen LogP contribution in [0.5, 0.6) is 0 Å². The van der Waals surface area contributed by atoms with Crippen LogP contribution in [0.2, 0.25) is 0 Å². The van der Waals surface area contributed by atoms with Gasteiger partial charge in [-0.25, -0.2) is 0 Å². The van der Waals surface area contributed by atoms with E-state index in [-0.39, 0.29) is 5.41 Å². The predicted octanol–water partition coefficient (Wildman–Crippen LogP) is 16.9. The molecule has 0 unspecified atom stereocenters. The van der Waals surface area contributed by atoms with E-state index >= 15 is 0 Å². The van der Waals surface area contributed by atoms with Crippen molar-refractivity contribution in [3.8, 4) is 61.3 Å². The van der Waals surface area contributed by atoms with Crippen LogP contribution in [0, 0.1) is 12.1 Å². The zero-order chi connectivity index (χ0) is 44.2. The Labute approximate surface area is 387 Å². The Kier molecular flexibility index (Phi) is 9.48. The fourth-order valence-electron chi connectivity index (χ4n) is 10.2. The van der Waals surface area contributed by atoms with E-state index in [1.807, 2.05) is 0 Å². The molecule has 1 nitrogen and oxygen atoms in total. The number of hydrogen-bond acceptors (Lipinski definition) is 0. The molecule has 1 heteroatoms. The Morgan fingerprint density at radius 3 is 1.70 bits per heavy atom. The highest BCUT2D eigenvalue weighted by Crippen LogP contribution is 2.49. The van der Waals surface area contributed by atoms with E-state index in [2.05, 4.69) is 267 Å². The summed E-state index contributed by atoms with van der Waals surface area (Å²) in [6.07, 6.45) is 2.36. The van der Waals surface area contributed by atoms with Crippen LogP contribution in [-0.2, 0) is 5.41 Å². The van der Waals surface area contributed by atoms with Crippen LogP contribution in [0.4, 0.5) is 0 Å². The number of fused-ring (bicyclic) bond motifs is 6. The van der Waals surface area contributed by atoms with Crippen molar-refractivity contribution in [2.75, 3.05) is 0 Å². The molecule has 66 heavy (non-hydrogen) atoms. The Bertz CT molecular complexity index is 3610. The SMILES string of the molecule is CC1(C)c2ccccc2-c2ccc(/C=C(\c3ccc(-c4c#ccc(-c5ccc6c(c5)c5ccccc5n6-c5ccc(-c6ccccc6)cc5)c4)cc3)c3ccc(-c4ccccc4)cc3)cc21. The van der Waals surface area contributed by atoms with Crippen LogP contribution >= 0.6 is 0 Å². The van der Waals surface area contributed by atoms with E-state index in [1.54, 1.807) is 0 Å². The highest BCUT2D eigenvalue weighted by molar-refractivity contribution is 6.10. The molecule has 1 heterocycles. The van der Waals surface area contributed by atoms with E-state index in [0.29, 0.717) is 0 Å². The first kappa shape index (κ1) is 39.2. The molecule has 1 aromatic heterocycles. The monoisotopic (exact) mass is 839 g/mol. The molecule has 1 aliphatic carbocycles. The Morgan fingerprint density at radius 1 is 0.424 bits per heavy atom. The fraction of sp³-hybridized carbons (Fsp3) is 0.0462. The lowest BCUT2D eigenvalue weighted by molar-refractivity contribution is 0.660. The van der Waals surface area contributed by atoms with Crippen molar-refractivity contribution >= 4 is 33.5 Å². The molecule has 0 atom stereocenters. The average Bonchev–Trinajstić information content (AvgIpc) is 3.83. The molecule has 0 fully saturated rings. The van der Waals surface area contributed by atoms with Gasteiger partial charge >= 0.3 is 0 Å². The van der Waals surface area contributed by atoms with Gasteiger partial charge in [0.1, 0.15) is 0 Å². The molecule has 0 N–H and O–H groups in total. The Hall–Kier alpha value is -8.44. The second-order valence-electron chi connectivity index (χ2n) is 18.0. The van der Waals surface area contributed by atoms with E-state index in [0.717, 1.165) is 33.5 Å². The molecule has 0 saturated carbocycles. The van der Waals surface area contributed by atoms with Crippen LogP contribution in [0.15, 0.2) is 231 Å². The lowest BCUT2D eigenvalue weighted by Gasteiger charge is -2.21. The van der Waals surface area contributed by atoms with Gasteiger partial charge in [-0.05, 0) is 132 Å². The summed E-state index contributed by atoms with van der Waals surface area (Å²) >= 11 is 0. The molecule has 0 aliphatic heterocycles. The van der Waals surface area contributed by atoms with E-state index in [1.165, 1.54) is 83.0 Å². The van der Waals surface area contributed by atoms with Gasteiger partial charge in [-0.1, -0.05) is 214 Å². The molecule has 1 aliphatic rings. The Morgan fingerprint density at radius 2 is 0.985 bits per heavy atom. The molecule has 11 aromatic rings. The van der Waals surface area contributed by atoms with Crippen molar-refractivity contribution in [3.05, 3.63) is 270 Å². The number of benzene rings is 9. The minimum atomic E-state index is -0.0719. The normalized spacial score (nSPS) is 12.8. The summed E-state index contributed by atoms with van der Waals surface area (Å²) in [5.41, 5.74) is 22.8. The molecule has 0 amide bonds. The molecule has 0 radical (unpaired) electrons. The summed E-state index contributed by atoms with van der Waals surface area (Å²) in [5.74, 6) is 0. The summed E-state index contributed by atoms with van der Waals surface area (Å²) in [4.78, 5) is 0. The molecular weight excluding hydrogens is 795 g/mol. The first-order valence-electron chi connectivity index (χ1n) is 22.8. The lowest BCUT2D eigenvalue weighted by atomic mass is 9.82. The summed E-state index contributed by atoms with van der Waals surface area (Å²) in [6.45, 7) is 4.70. The quantitative estimate of drug-likeness (QED) is 0.134. The summed E-state index contributed by atoms with van der Waals surface area (Å²) in [5, 5.41) is 2.46. The maximum atomic E-state index is 3.44. The second kappa shape index (κ2) is 16.0. The van der Waals surface area contributed by atoms with Gasteiger partial charge in [-0.15, -0.1) is 0 Å². The largest absolute Gasteiger partial charge is 0.309 e. The number of para-hydroxylation sites is 1. The topological polar surface area (TPSA) is 4.93 Å². The predicted molar refractivity (Wildman–Crippen MR) is 278 cm³/mol. The summed E-state index contributed by atoms with van der Waals surface area (Å²) < 4.78 is 2.38. The molecule has 10 aromatic carbocycles. The maximum absolute atomic E-state index is 3.44. The number of rotatable bonds is 8. The fourth-order valence-corrected chi connectivity index (χ4v) is 10.2. The first-order valence-corrected chi connectivity index (χ1v) is 22.8.